The number of nitrogens with zero attached hydrogens (tertiary/aromatic N) is 4. The van der Waals surface area contributed by atoms with Crippen LogP contribution in [0.1, 0.15) is 24.1 Å². The number of hydrogen-bond donors (Lipinski definition) is 1. The second-order valence-corrected chi connectivity index (χ2v) is 9.49. The molecule has 2 aromatic rings. The van der Waals surface area contributed by atoms with E-state index in [0.717, 1.165) is 24.3 Å². The Morgan fingerprint density at radius 1 is 1.24 bits per heavy atom. The molecule has 0 aromatic carbocycles. The third-order valence-corrected chi connectivity index (χ3v) is 7.28. The number of hydrogen-bond acceptors (Lipinski definition) is 6. The average Bonchev–Trinajstić information content (AvgIpc) is 3.11. The van der Waals surface area contributed by atoms with E-state index in [9.17, 15) is 18.0 Å². The quantitative estimate of drug-likeness (QED) is 0.819. The first-order valence-corrected chi connectivity index (χ1v) is 10.7. The zero-order valence-corrected chi connectivity index (χ0v) is 16.7. The van der Waals surface area contributed by atoms with Crippen molar-refractivity contribution in [3.05, 3.63) is 17.3 Å². The molecule has 6 nitrogen and oxygen atoms in total. The van der Waals surface area contributed by atoms with Crippen molar-refractivity contribution in [3.8, 4) is 0 Å². The first-order chi connectivity index (χ1) is 13.8. The van der Waals surface area contributed by atoms with Gasteiger partial charge in [-0.15, -0.1) is 11.3 Å². The number of rotatable bonds is 3. The molecule has 3 aliphatic rings. The Labute approximate surface area is 170 Å². The van der Waals surface area contributed by atoms with Gasteiger partial charge < -0.3 is 15.1 Å². The predicted molar refractivity (Wildman–Crippen MR) is 104 cm³/mol. The Balaban J connectivity index is 1.27. The largest absolute Gasteiger partial charge is 0.393 e. The van der Waals surface area contributed by atoms with Crippen LogP contribution in [0.5, 0.6) is 0 Å². The van der Waals surface area contributed by atoms with Crippen LogP contribution < -0.4 is 10.2 Å². The fourth-order valence-corrected chi connectivity index (χ4v) is 5.46. The molecule has 0 bridgehead atoms. The molecule has 5 rings (SSSR count). The van der Waals surface area contributed by atoms with Crippen LogP contribution in [0.2, 0.25) is 0 Å². The molecule has 4 heterocycles. The van der Waals surface area contributed by atoms with Crippen molar-refractivity contribution in [1.82, 2.24) is 20.2 Å². The second-order valence-electron chi connectivity index (χ2n) is 8.37. The van der Waals surface area contributed by atoms with Crippen LogP contribution in [0.25, 0.3) is 10.2 Å². The molecule has 2 aromatic heterocycles. The van der Waals surface area contributed by atoms with Crippen molar-refractivity contribution in [2.75, 3.05) is 37.6 Å². The van der Waals surface area contributed by atoms with Crippen molar-refractivity contribution >= 4 is 33.3 Å². The van der Waals surface area contributed by atoms with Crippen molar-refractivity contribution in [3.63, 3.8) is 0 Å². The summed E-state index contributed by atoms with van der Waals surface area (Å²) in [5, 5.41) is 4.04. The lowest BCUT2D eigenvalue weighted by Crippen LogP contribution is -2.53. The number of carbonyl (C=O) groups is 1. The van der Waals surface area contributed by atoms with E-state index in [4.69, 9.17) is 0 Å². The van der Waals surface area contributed by atoms with Gasteiger partial charge in [0.1, 0.15) is 17.0 Å². The number of anilines is 1. The predicted octanol–water partition coefficient (Wildman–Crippen LogP) is 2.59. The van der Waals surface area contributed by atoms with Gasteiger partial charge in [0.05, 0.1) is 17.8 Å². The van der Waals surface area contributed by atoms with Gasteiger partial charge in [0.15, 0.2) is 0 Å². The number of carbonyl (C=O) groups excluding carboxylic acids is 1. The fraction of sp³-hybridized carbons (Fsp3) is 0.632. The molecule has 156 valence electrons. The van der Waals surface area contributed by atoms with E-state index in [0.29, 0.717) is 47.6 Å². The third-order valence-electron chi connectivity index (χ3n) is 6.24. The number of halogens is 3. The SMILES string of the molecule is O=C([C@H]1CC2(CC2)CN1)N1CCN(c2ncnc3sc(CC(F)(F)F)cc23)CC1. The van der Waals surface area contributed by atoms with Gasteiger partial charge in [0.25, 0.3) is 0 Å². The number of fused-ring (bicyclic) bond motifs is 1. The van der Waals surface area contributed by atoms with Crippen LogP contribution in [-0.4, -0.2) is 65.7 Å². The van der Waals surface area contributed by atoms with Gasteiger partial charge in [-0.3, -0.25) is 4.79 Å². The molecule has 2 aliphatic heterocycles. The molecule has 0 radical (unpaired) electrons. The maximum absolute atomic E-state index is 12.8. The van der Waals surface area contributed by atoms with E-state index in [-0.39, 0.29) is 16.8 Å². The lowest BCUT2D eigenvalue weighted by Gasteiger charge is -2.36. The molecular weight excluding hydrogens is 403 g/mol. The van der Waals surface area contributed by atoms with Gasteiger partial charge in [-0.25, -0.2) is 9.97 Å². The summed E-state index contributed by atoms with van der Waals surface area (Å²) < 4.78 is 38.2. The van der Waals surface area contributed by atoms with E-state index < -0.39 is 12.6 Å². The standard InChI is InChI=1S/C19H22F3N5OS/c20-19(21,22)8-12-7-13-15(24-11-25-16(13)29-12)26-3-5-27(6-4-26)17(28)14-9-18(1-2-18)10-23-14/h7,11,14,23H,1-6,8-10H2/t14-/m1/s1. The van der Waals surface area contributed by atoms with E-state index >= 15 is 0 Å². The van der Waals surface area contributed by atoms with Crippen LogP contribution in [0.3, 0.4) is 0 Å². The summed E-state index contributed by atoms with van der Waals surface area (Å²) in [7, 11) is 0. The van der Waals surface area contributed by atoms with Crippen LogP contribution in [-0.2, 0) is 11.2 Å². The molecule has 1 aliphatic carbocycles. The average molecular weight is 425 g/mol. The Hall–Kier alpha value is -1.94. The van der Waals surface area contributed by atoms with Gasteiger partial charge in [-0.05, 0) is 30.7 Å². The Morgan fingerprint density at radius 2 is 2.00 bits per heavy atom. The minimum atomic E-state index is -4.24. The number of alkyl halides is 3. The fourth-order valence-electron chi connectivity index (χ4n) is 4.44. The van der Waals surface area contributed by atoms with Crippen LogP contribution in [0.4, 0.5) is 19.0 Å². The minimum Gasteiger partial charge on any atom is -0.352 e. The first kappa shape index (κ1) is 19.0. The maximum atomic E-state index is 12.8. The van der Waals surface area contributed by atoms with Crippen molar-refractivity contribution in [1.29, 1.82) is 0 Å². The van der Waals surface area contributed by atoms with E-state index in [2.05, 4.69) is 15.3 Å². The molecule has 1 amide bonds. The third kappa shape index (κ3) is 3.79. The number of nitrogens with one attached hydrogen (secondary N) is 1. The minimum absolute atomic E-state index is 0.0726. The van der Waals surface area contributed by atoms with Crippen molar-refractivity contribution < 1.29 is 18.0 Å². The molecule has 1 spiro atoms. The van der Waals surface area contributed by atoms with Gasteiger partial charge in [-0.2, -0.15) is 13.2 Å². The lowest BCUT2D eigenvalue weighted by molar-refractivity contribution is -0.133. The van der Waals surface area contributed by atoms with Crippen LogP contribution in [0.15, 0.2) is 12.4 Å². The zero-order chi connectivity index (χ0) is 20.2. The summed E-state index contributed by atoms with van der Waals surface area (Å²) in [5.41, 5.74) is 0.377. The summed E-state index contributed by atoms with van der Waals surface area (Å²) in [6.45, 7) is 3.35. The number of thiophene rings is 1. The first-order valence-electron chi connectivity index (χ1n) is 9.89. The molecule has 2 saturated heterocycles. The summed E-state index contributed by atoms with van der Waals surface area (Å²) in [6, 6.07) is 1.48. The molecule has 1 atom stereocenters. The number of piperazine rings is 1. The van der Waals surface area contributed by atoms with Crippen LogP contribution in [0, 0.1) is 5.41 Å². The molecule has 3 fully saturated rings. The summed E-state index contributed by atoms with van der Waals surface area (Å²) >= 11 is 1.06. The Kier molecular flexibility index (Phi) is 4.47. The molecule has 0 unspecified atom stereocenters. The highest BCUT2D eigenvalue weighted by atomic mass is 32.1. The summed E-state index contributed by atoms with van der Waals surface area (Å²) in [6.07, 6.45) is -0.411. The topological polar surface area (TPSA) is 61.4 Å². The van der Waals surface area contributed by atoms with Crippen molar-refractivity contribution in [2.45, 2.75) is 37.9 Å². The van der Waals surface area contributed by atoms with Crippen molar-refractivity contribution in [2.24, 2.45) is 5.41 Å². The monoisotopic (exact) mass is 425 g/mol. The summed E-state index contributed by atoms with van der Waals surface area (Å²) in [5.74, 6) is 0.826. The van der Waals surface area contributed by atoms with Gasteiger partial charge in [0, 0.05) is 37.6 Å². The second kappa shape index (κ2) is 6.80. The van der Waals surface area contributed by atoms with E-state index in [1.54, 1.807) is 6.07 Å². The lowest BCUT2D eigenvalue weighted by atomic mass is 10.0. The van der Waals surface area contributed by atoms with Gasteiger partial charge >= 0.3 is 6.18 Å². The Morgan fingerprint density at radius 3 is 2.66 bits per heavy atom. The van der Waals surface area contributed by atoms with Gasteiger partial charge in [-0.1, -0.05) is 0 Å². The molecular formula is C19H22F3N5OS. The molecule has 10 heteroatoms. The summed E-state index contributed by atoms with van der Waals surface area (Å²) in [4.78, 5) is 26.1. The molecule has 1 saturated carbocycles. The smallest absolute Gasteiger partial charge is 0.352 e. The highest BCUT2D eigenvalue weighted by Crippen LogP contribution is 2.52. The van der Waals surface area contributed by atoms with Crippen LogP contribution >= 0.6 is 11.3 Å². The number of amides is 1. The van der Waals surface area contributed by atoms with Gasteiger partial charge in [0.2, 0.25) is 5.91 Å². The zero-order valence-electron chi connectivity index (χ0n) is 15.8. The molecule has 1 N–H and O–H groups in total. The maximum Gasteiger partial charge on any atom is 0.393 e. The highest BCUT2D eigenvalue weighted by molar-refractivity contribution is 7.18. The number of aromatic nitrogens is 2. The Bertz CT molecular complexity index is 934. The normalized spacial score (nSPS) is 23.9. The molecule has 29 heavy (non-hydrogen) atoms. The highest BCUT2D eigenvalue weighted by Gasteiger charge is 2.50. The van der Waals surface area contributed by atoms with E-state index in [1.807, 2.05) is 9.80 Å². The van der Waals surface area contributed by atoms with E-state index in [1.165, 1.54) is 19.2 Å².